The Morgan fingerprint density at radius 2 is 1.95 bits per heavy atom. The molecular weight excluding hydrogens is 270 g/mol. The molecule has 106 valence electrons. The molecule has 0 unspecified atom stereocenters. The number of rotatable bonds is 5. The Labute approximate surface area is 121 Å². The molecule has 2 rings (SSSR count). The molecule has 0 radical (unpaired) electrons. The van der Waals surface area contributed by atoms with Crippen molar-refractivity contribution in [1.82, 2.24) is 0 Å². The maximum Gasteiger partial charge on any atom is 0.270 e. The summed E-state index contributed by atoms with van der Waals surface area (Å²) >= 11 is 0. The number of ether oxygens (including phenoxy) is 1. The topological polar surface area (TPSA) is 102 Å². The lowest BCUT2D eigenvalue weighted by Gasteiger charge is -2.10. The Morgan fingerprint density at radius 1 is 1.24 bits per heavy atom. The first-order chi connectivity index (χ1) is 10.1. The van der Waals surface area contributed by atoms with Crippen LogP contribution in [0.25, 0.3) is 0 Å². The summed E-state index contributed by atoms with van der Waals surface area (Å²) in [5.41, 5.74) is 7.64. The van der Waals surface area contributed by atoms with Crippen molar-refractivity contribution in [1.29, 1.82) is 5.26 Å². The average Bonchev–Trinajstić information content (AvgIpc) is 2.53. The van der Waals surface area contributed by atoms with Crippen LogP contribution in [0.3, 0.4) is 0 Å². The van der Waals surface area contributed by atoms with Gasteiger partial charge in [-0.1, -0.05) is 12.1 Å². The van der Waals surface area contributed by atoms with E-state index in [0.29, 0.717) is 23.5 Å². The molecule has 0 amide bonds. The van der Waals surface area contributed by atoms with Gasteiger partial charge in [0, 0.05) is 24.2 Å². The Kier molecular flexibility index (Phi) is 4.49. The highest BCUT2D eigenvalue weighted by molar-refractivity contribution is 5.44. The van der Waals surface area contributed by atoms with Crippen molar-refractivity contribution >= 4 is 5.69 Å². The van der Waals surface area contributed by atoms with E-state index in [-0.39, 0.29) is 12.2 Å². The number of nitro benzene ring substituents is 1. The van der Waals surface area contributed by atoms with Gasteiger partial charge < -0.3 is 10.5 Å². The molecule has 6 heteroatoms. The molecule has 0 heterocycles. The molecule has 2 aromatic rings. The fourth-order valence-electron chi connectivity index (χ4n) is 1.82. The zero-order chi connectivity index (χ0) is 15.2. The maximum atomic E-state index is 10.7. The highest BCUT2D eigenvalue weighted by Gasteiger charge is 2.10. The van der Waals surface area contributed by atoms with Crippen molar-refractivity contribution in [3.05, 3.63) is 69.3 Å². The molecule has 0 fully saturated rings. The predicted molar refractivity (Wildman–Crippen MR) is 76.5 cm³/mol. The summed E-state index contributed by atoms with van der Waals surface area (Å²) in [6, 6.07) is 13.4. The van der Waals surface area contributed by atoms with Crippen LogP contribution < -0.4 is 10.5 Å². The molecular formula is C15H13N3O3. The number of nitro groups is 1. The van der Waals surface area contributed by atoms with Crippen LogP contribution in [0.4, 0.5) is 5.69 Å². The Bertz CT molecular complexity index is 690. The molecule has 6 nitrogen and oxygen atoms in total. The van der Waals surface area contributed by atoms with Gasteiger partial charge in [0.1, 0.15) is 12.4 Å². The first-order valence-electron chi connectivity index (χ1n) is 6.23. The van der Waals surface area contributed by atoms with Gasteiger partial charge in [-0.3, -0.25) is 10.1 Å². The van der Waals surface area contributed by atoms with Crippen LogP contribution in [0.5, 0.6) is 5.75 Å². The van der Waals surface area contributed by atoms with Gasteiger partial charge in [0.15, 0.2) is 0 Å². The van der Waals surface area contributed by atoms with Gasteiger partial charge in [0.05, 0.1) is 16.6 Å². The summed E-state index contributed by atoms with van der Waals surface area (Å²) in [5, 5.41) is 19.4. The van der Waals surface area contributed by atoms with Crippen LogP contribution in [0.15, 0.2) is 42.5 Å². The lowest BCUT2D eigenvalue weighted by molar-refractivity contribution is -0.384. The van der Waals surface area contributed by atoms with Crippen LogP contribution in [0, 0.1) is 21.4 Å². The van der Waals surface area contributed by atoms with Crippen LogP contribution in [-0.2, 0) is 13.2 Å². The van der Waals surface area contributed by atoms with Crippen LogP contribution >= 0.6 is 0 Å². The normalized spacial score (nSPS) is 9.90. The molecule has 0 aliphatic heterocycles. The summed E-state index contributed by atoms with van der Waals surface area (Å²) in [7, 11) is 0. The van der Waals surface area contributed by atoms with Crippen molar-refractivity contribution in [2.75, 3.05) is 0 Å². The smallest absolute Gasteiger partial charge is 0.270 e. The highest BCUT2D eigenvalue weighted by Crippen LogP contribution is 2.24. The summed E-state index contributed by atoms with van der Waals surface area (Å²) in [5.74, 6) is 0.521. The second-order valence-corrected chi connectivity index (χ2v) is 4.35. The van der Waals surface area contributed by atoms with Gasteiger partial charge in [0.2, 0.25) is 0 Å². The van der Waals surface area contributed by atoms with E-state index >= 15 is 0 Å². The summed E-state index contributed by atoms with van der Waals surface area (Å²) in [6.07, 6.45) is 0. The van der Waals surface area contributed by atoms with Crippen molar-refractivity contribution < 1.29 is 9.66 Å². The molecule has 0 aromatic heterocycles. The number of benzene rings is 2. The number of hydrogen-bond donors (Lipinski definition) is 1. The zero-order valence-corrected chi connectivity index (χ0v) is 11.2. The summed E-state index contributed by atoms with van der Waals surface area (Å²) in [6.45, 7) is 0.459. The van der Waals surface area contributed by atoms with E-state index in [1.54, 1.807) is 30.3 Å². The minimum absolute atomic E-state index is 0.0128. The minimum Gasteiger partial charge on any atom is -0.489 e. The van der Waals surface area contributed by atoms with E-state index in [1.807, 2.05) is 6.07 Å². The number of nitrogens with zero attached hydrogens (tertiary/aromatic N) is 2. The monoisotopic (exact) mass is 283 g/mol. The van der Waals surface area contributed by atoms with Gasteiger partial charge >= 0.3 is 0 Å². The van der Waals surface area contributed by atoms with Crippen molar-refractivity contribution in [3.8, 4) is 11.8 Å². The Hall–Kier alpha value is -2.91. The number of nitrogens with two attached hydrogens (primary N) is 1. The third-order valence-corrected chi connectivity index (χ3v) is 2.95. The van der Waals surface area contributed by atoms with Crippen LogP contribution in [-0.4, -0.2) is 4.92 Å². The molecule has 0 aliphatic carbocycles. The molecule has 21 heavy (non-hydrogen) atoms. The van der Waals surface area contributed by atoms with Crippen LogP contribution in [0.1, 0.15) is 16.7 Å². The van der Waals surface area contributed by atoms with E-state index < -0.39 is 4.92 Å². The quantitative estimate of drug-likeness (QED) is 0.670. The first kappa shape index (κ1) is 14.5. The van der Waals surface area contributed by atoms with Gasteiger partial charge in [-0.2, -0.15) is 5.26 Å². The number of nitriles is 1. The lowest BCUT2D eigenvalue weighted by atomic mass is 10.1. The molecule has 0 bridgehead atoms. The summed E-state index contributed by atoms with van der Waals surface area (Å²) in [4.78, 5) is 10.2. The van der Waals surface area contributed by atoms with Crippen LogP contribution in [0.2, 0.25) is 0 Å². The van der Waals surface area contributed by atoms with Gasteiger partial charge in [-0.15, -0.1) is 0 Å². The minimum atomic E-state index is -0.469. The Morgan fingerprint density at radius 3 is 2.52 bits per heavy atom. The lowest BCUT2D eigenvalue weighted by Crippen LogP contribution is -2.03. The summed E-state index contributed by atoms with van der Waals surface area (Å²) < 4.78 is 5.64. The van der Waals surface area contributed by atoms with E-state index in [0.717, 1.165) is 5.56 Å². The van der Waals surface area contributed by atoms with Gasteiger partial charge in [-0.05, 0) is 23.8 Å². The van der Waals surface area contributed by atoms with E-state index in [1.165, 1.54) is 12.1 Å². The van der Waals surface area contributed by atoms with Crippen molar-refractivity contribution in [2.45, 2.75) is 13.2 Å². The number of non-ortho nitro benzene ring substituents is 1. The van der Waals surface area contributed by atoms with E-state index in [4.69, 9.17) is 15.7 Å². The second kappa shape index (κ2) is 6.50. The predicted octanol–water partition coefficient (Wildman–Crippen LogP) is 2.50. The third kappa shape index (κ3) is 3.55. The largest absolute Gasteiger partial charge is 0.489 e. The first-order valence-corrected chi connectivity index (χ1v) is 6.23. The molecule has 0 aliphatic rings. The standard InChI is InChI=1S/C15H13N3O3/c16-8-11-1-3-12(4-2-11)10-21-15-6-5-14(18(19)20)7-13(15)9-17/h1-7H,9-10,17H2. The zero-order valence-electron chi connectivity index (χ0n) is 11.2. The molecule has 0 saturated carbocycles. The Balaban J connectivity index is 2.12. The van der Waals surface area contributed by atoms with Crippen molar-refractivity contribution in [2.24, 2.45) is 5.73 Å². The molecule has 0 spiro atoms. The van der Waals surface area contributed by atoms with Gasteiger partial charge in [0.25, 0.3) is 5.69 Å². The van der Waals surface area contributed by atoms with Gasteiger partial charge in [-0.25, -0.2) is 0 Å². The van der Waals surface area contributed by atoms with E-state index in [9.17, 15) is 10.1 Å². The highest BCUT2D eigenvalue weighted by atomic mass is 16.6. The fraction of sp³-hybridized carbons (Fsp3) is 0.133. The SMILES string of the molecule is N#Cc1ccc(COc2ccc([N+](=O)[O-])cc2CN)cc1. The third-order valence-electron chi connectivity index (χ3n) is 2.95. The van der Waals surface area contributed by atoms with Crippen molar-refractivity contribution in [3.63, 3.8) is 0 Å². The fourth-order valence-corrected chi connectivity index (χ4v) is 1.82. The second-order valence-electron chi connectivity index (χ2n) is 4.35. The molecule has 2 N–H and O–H groups in total. The maximum absolute atomic E-state index is 10.7. The molecule has 2 aromatic carbocycles. The molecule has 0 atom stereocenters. The number of hydrogen-bond acceptors (Lipinski definition) is 5. The van der Waals surface area contributed by atoms with E-state index in [2.05, 4.69) is 0 Å². The molecule has 0 saturated heterocycles. The average molecular weight is 283 g/mol.